The number of rotatable bonds is 9. The average molecular weight is 534 g/mol. The van der Waals surface area contributed by atoms with Crippen LogP contribution < -0.4 is 26.5 Å². The van der Waals surface area contributed by atoms with Crippen LogP contribution in [0, 0.1) is 0 Å². The summed E-state index contributed by atoms with van der Waals surface area (Å²) in [7, 11) is -0.338. The van der Waals surface area contributed by atoms with Gasteiger partial charge < -0.3 is 10.4 Å². The van der Waals surface area contributed by atoms with Crippen molar-refractivity contribution in [3.05, 3.63) is 157 Å². The number of hydrogen-bond acceptors (Lipinski definition) is 2. The first-order valence-corrected chi connectivity index (χ1v) is 15.6. The zero-order valence-corrected chi connectivity index (χ0v) is 23.6. The monoisotopic (exact) mass is 533 g/mol. The van der Waals surface area contributed by atoms with Crippen molar-refractivity contribution in [3.8, 4) is 0 Å². The molecule has 0 aromatic heterocycles. The minimum absolute atomic E-state index is 0.746. The molecule has 0 aliphatic rings. The van der Waals surface area contributed by atoms with Crippen molar-refractivity contribution in [1.29, 1.82) is 0 Å². The summed E-state index contributed by atoms with van der Waals surface area (Å²) in [6.45, 7) is 2.22. The largest absolute Gasteiger partial charge is 0.378 e. The molecule has 5 aromatic carbocycles. The van der Waals surface area contributed by atoms with Crippen LogP contribution in [0.15, 0.2) is 152 Å². The summed E-state index contributed by atoms with van der Waals surface area (Å²) in [5, 5.41) is 20.1. The van der Waals surface area contributed by atoms with Gasteiger partial charge in [0.2, 0.25) is 0 Å². The molecule has 5 rings (SSSR count). The van der Waals surface area contributed by atoms with Gasteiger partial charge in [-0.1, -0.05) is 152 Å². The first kappa shape index (κ1) is 26.5. The molecule has 0 radical (unpaired) electrons. The SMILES string of the molecule is CNC(C)(P(c1ccccc1)c1ccccc1)C(O)(c1ccccc1)P(c1ccccc1)c1ccccc1. The predicted molar refractivity (Wildman–Crippen MR) is 166 cm³/mol. The summed E-state index contributed by atoms with van der Waals surface area (Å²) in [6.07, 6.45) is 0. The lowest BCUT2D eigenvalue weighted by molar-refractivity contribution is 0.0781. The highest BCUT2D eigenvalue weighted by Crippen LogP contribution is 2.66. The standard InChI is InChI=1S/C34H33NOP2/c1-33(35-2,37(29-20-10-4-11-21-29)30-22-12-5-13-23-30)34(36,28-18-8-3-9-19-28)38(31-24-14-6-15-25-31)32-26-16-7-17-27-32/h3-27,35-36H,1-2H3. The van der Waals surface area contributed by atoms with Crippen molar-refractivity contribution < 1.29 is 5.11 Å². The fourth-order valence-corrected chi connectivity index (χ4v) is 11.7. The summed E-state index contributed by atoms with van der Waals surface area (Å²) in [5.41, 5.74) is 0.912. The van der Waals surface area contributed by atoms with Gasteiger partial charge in [-0.25, -0.2) is 0 Å². The number of aliphatic hydroxyl groups is 1. The van der Waals surface area contributed by atoms with Crippen molar-refractivity contribution in [1.82, 2.24) is 5.32 Å². The molecule has 38 heavy (non-hydrogen) atoms. The molecule has 4 heteroatoms. The lowest BCUT2D eigenvalue weighted by atomic mass is 10.0. The topological polar surface area (TPSA) is 32.3 Å². The Labute approximate surface area is 228 Å². The maximum Gasteiger partial charge on any atom is 0.139 e. The first-order chi connectivity index (χ1) is 18.6. The second kappa shape index (κ2) is 11.7. The van der Waals surface area contributed by atoms with Crippen molar-refractivity contribution in [2.24, 2.45) is 0 Å². The molecule has 5 aromatic rings. The van der Waals surface area contributed by atoms with Gasteiger partial charge >= 0.3 is 0 Å². The van der Waals surface area contributed by atoms with Crippen molar-refractivity contribution in [2.45, 2.75) is 17.5 Å². The van der Waals surface area contributed by atoms with Gasteiger partial charge in [-0.15, -0.1) is 0 Å². The van der Waals surface area contributed by atoms with E-state index >= 15 is 0 Å². The highest BCUT2D eigenvalue weighted by molar-refractivity contribution is 7.78. The Morgan fingerprint density at radius 1 is 0.474 bits per heavy atom. The van der Waals surface area contributed by atoms with E-state index in [0.29, 0.717) is 0 Å². The van der Waals surface area contributed by atoms with E-state index in [9.17, 15) is 5.11 Å². The van der Waals surface area contributed by atoms with Gasteiger partial charge in [0.15, 0.2) is 0 Å². The Morgan fingerprint density at radius 3 is 1.08 bits per heavy atom. The lowest BCUT2D eigenvalue weighted by Crippen LogP contribution is -2.59. The van der Waals surface area contributed by atoms with E-state index in [1.807, 2.05) is 37.4 Å². The molecule has 2 N–H and O–H groups in total. The Balaban J connectivity index is 1.86. The van der Waals surface area contributed by atoms with Gasteiger partial charge in [0.1, 0.15) is 5.34 Å². The quantitative estimate of drug-likeness (QED) is 0.227. The maximum atomic E-state index is 13.6. The Morgan fingerprint density at radius 2 is 0.763 bits per heavy atom. The van der Waals surface area contributed by atoms with Crippen LogP contribution in [-0.4, -0.2) is 17.4 Å². The molecule has 0 heterocycles. The summed E-state index contributed by atoms with van der Waals surface area (Å²) >= 11 is 0. The summed E-state index contributed by atoms with van der Waals surface area (Å²) < 4.78 is 0. The molecular formula is C34H33NOP2. The Bertz CT molecular complexity index is 1340. The van der Waals surface area contributed by atoms with Crippen LogP contribution in [0.2, 0.25) is 0 Å². The lowest BCUT2D eigenvalue weighted by Gasteiger charge is -2.54. The fraction of sp³-hybridized carbons (Fsp3) is 0.118. The summed E-state index contributed by atoms with van der Waals surface area (Å²) in [4.78, 5) is 0. The van der Waals surface area contributed by atoms with E-state index in [1.54, 1.807) is 0 Å². The number of hydrogen-bond donors (Lipinski definition) is 2. The van der Waals surface area contributed by atoms with Crippen LogP contribution in [0.25, 0.3) is 0 Å². The van der Waals surface area contributed by atoms with Crippen LogP contribution in [0.4, 0.5) is 0 Å². The summed E-state index contributed by atoms with van der Waals surface area (Å²) in [6, 6.07) is 52.6. The first-order valence-electron chi connectivity index (χ1n) is 12.9. The van der Waals surface area contributed by atoms with Crippen molar-refractivity contribution in [3.63, 3.8) is 0 Å². The van der Waals surface area contributed by atoms with Crippen LogP contribution >= 0.6 is 15.8 Å². The minimum Gasteiger partial charge on any atom is -0.378 e. The molecule has 0 saturated carbocycles. The van der Waals surface area contributed by atoms with Crippen molar-refractivity contribution >= 4 is 37.1 Å². The van der Waals surface area contributed by atoms with Crippen LogP contribution in [-0.2, 0) is 5.34 Å². The van der Waals surface area contributed by atoms with E-state index in [2.05, 4.69) is 134 Å². The maximum absolute atomic E-state index is 13.6. The number of likely N-dealkylation sites (N-methyl/N-ethyl adjacent to an activating group) is 1. The van der Waals surface area contributed by atoms with Crippen LogP contribution in [0.3, 0.4) is 0 Å². The molecule has 0 amide bonds. The highest BCUT2D eigenvalue weighted by Gasteiger charge is 2.58. The van der Waals surface area contributed by atoms with Gasteiger partial charge in [0, 0.05) is 0 Å². The van der Waals surface area contributed by atoms with Crippen LogP contribution in [0.5, 0.6) is 0 Å². The number of benzene rings is 5. The van der Waals surface area contributed by atoms with Gasteiger partial charge in [-0.3, -0.25) is 0 Å². The minimum atomic E-state index is -1.27. The van der Waals surface area contributed by atoms with Gasteiger partial charge in [-0.05, 0) is 56.6 Å². The second-order valence-electron chi connectivity index (χ2n) is 9.37. The molecule has 0 aliphatic heterocycles. The Hall–Kier alpha value is -3.12. The van der Waals surface area contributed by atoms with Crippen LogP contribution in [0.1, 0.15) is 12.5 Å². The predicted octanol–water partition coefficient (Wildman–Crippen LogP) is 6.03. The van der Waals surface area contributed by atoms with E-state index in [1.165, 1.54) is 10.6 Å². The third-order valence-corrected chi connectivity index (χ3v) is 13.4. The van der Waals surface area contributed by atoms with E-state index in [-0.39, 0.29) is 0 Å². The molecular weight excluding hydrogens is 500 g/mol. The molecule has 0 bridgehead atoms. The molecule has 2 nitrogen and oxygen atoms in total. The normalized spacial score (nSPS) is 14.7. The van der Waals surface area contributed by atoms with E-state index in [4.69, 9.17) is 0 Å². The fourth-order valence-electron chi connectivity index (χ4n) is 5.24. The molecule has 0 spiro atoms. The average Bonchev–Trinajstić information content (AvgIpc) is 3.00. The van der Waals surface area contributed by atoms with Gasteiger partial charge in [-0.2, -0.15) is 0 Å². The zero-order chi connectivity index (χ0) is 26.4. The highest BCUT2D eigenvalue weighted by atomic mass is 31.1. The molecule has 0 fully saturated rings. The van der Waals surface area contributed by atoms with E-state index < -0.39 is 26.5 Å². The summed E-state index contributed by atoms with van der Waals surface area (Å²) in [5.74, 6) is 0. The van der Waals surface area contributed by atoms with E-state index in [0.717, 1.165) is 16.2 Å². The van der Waals surface area contributed by atoms with Gasteiger partial charge in [0.05, 0.1) is 5.28 Å². The van der Waals surface area contributed by atoms with Crippen molar-refractivity contribution in [2.75, 3.05) is 7.05 Å². The molecule has 2 unspecified atom stereocenters. The third kappa shape index (κ3) is 4.86. The Kier molecular flexibility index (Phi) is 8.18. The smallest absolute Gasteiger partial charge is 0.139 e. The molecule has 0 aliphatic carbocycles. The molecule has 0 saturated heterocycles. The third-order valence-electron chi connectivity index (χ3n) is 7.17. The zero-order valence-electron chi connectivity index (χ0n) is 21.8. The molecule has 2 atom stereocenters. The second-order valence-corrected chi connectivity index (χ2v) is 14.3. The van der Waals surface area contributed by atoms with Gasteiger partial charge in [0.25, 0.3) is 0 Å². The number of nitrogens with one attached hydrogen (secondary N) is 1. The molecule has 190 valence electrons.